The van der Waals surface area contributed by atoms with Crippen molar-refractivity contribution in [3.8, 4) is 0 Å². The zero-order valence-corrected chi connectivity index (χ0v) is 11.9. The number of carbonyl (C=O) groups excluding carboxylic acids is 1. The van der Waals surface area contributed by atoms with Crippen LogP contribution in [-0.2, 0) is 7.05 Å². The lowest BCUT2D eigenvalue weighted by molar-refractivity contribution is 0.101. The van der Waals surface area contributed by atoms with E-state index in [-0.39, 0.29) is 5.91 Å². The lowest BCUT2D eigenvalue weighted by atomic mass is 10.4. The number of aromatic nitrogens is 2. The first-order valence-electron chi connectivity index (χ1n) is 4.81. The molecule has 0 spiro atoms. The molecule has 0 saturated carbocycles. The first kappa shape index (κ1) is 12.4. The lowest BCUT2D eigenvalue weighted by Crippen LogP contribution is -2.16. The Morgan fingerprint density at radius 1 is 1.53 bits per heavy atom. The van der Waals surface area contributed by atoms with Crippen LogP contribution in [0.2, 0.25) is 5.02 Å². The SMILES string of the molecule is Cn1cc(Cl)cc1C(=O)Nc1ccc(I)cn1. The second-order valence-electron chi connectivity index (χ2n) is 3.47. The first-order valence-corrected chi connectivity index (χ1v) is 6.27. The Hall–Kier alpha value is -1.08. The maximum Gasteiger partial charge on any atom is 0.273 e. The number of nitrogens with one attached hydrogen (secondary N) is 1. The molecule has 0 aliphatic carbocycles. The minimum Gasteiger partial charge on any atom is -0.345 e. The van der Waals surface area contributed by atoms with Gasteiger partial charge in [-0.25, -0.2) is 4.98 Å². The minimum atomic E-state index is -0.229. The van der Waals surface area contributed by atoms with Gasteiger partial charge in [-0.05, 0) is 40.8 Å². The Kier molecular flexibility index (Phi) is 3.68. The van der Waals surface area contributed by atoms with E-state index in [0.29, 0.717) is 16.5 Å². The minimum absolute atomic E-state index is 0.229. The van der Waals surface area contributed by atoms with Gasteiger partial charge in [0.15, 0.2) is 0 Å². The largest absolute Gasteiger partial charge is 0.345 e. The number of anilines is 1. The van der Waals surface area contributed by atoms with E-state index in [1.54, 1.807) is 36.1 Å². The summed E-state index contributed by atoms with van der Waals surface area (Å²) < 4.78 is 2.69. The maximum absolute atomic E-state index is 11.9. The van der Waals surface area contributed by atoms with Crippen molar-refractivity contribution in [2.75, 3.05) is 5.32 Å². The van der Waals surface area contributed by atoms with Crippen molar-refractivity contribution < 1.29 is 4.79 Å². The van der Waals surface area contributed by atoms with Crippen LogP contribution in [0.25, 0.3) is 0 Å². The standard InChI is InChI=1S/C11H9ClIN3O/c1-16-6-7(12)4-9(16)11(17)15-10-3-2-8(13)5-14-10/h2-6H,1H3,(H,14,15,17). The van der Waals surface area contributed by atoms with Gasteiger partial charge in [0.1, 0.15) is 11.5 Å². The zero-order chi connectivity index (χ0) is 12.4. The molecule has 2 heterocycles. The summed E-state index contributed by atoms with van der Waals surface area (Å²) in [5.74, 6) is 0.292. The highest BCUT2D eigenvalue weighted by molar-refractivity contribution is 14.1. The molecule has 0 radical (unpaired) electrons. The lowest BCUT2D eigenvalue weighted by Gasteiger charge is -2.04. The second kappa shape index (κ2) is 5.05. The van der Waals surface area contributed by atoms with Gasteiger partial charge in [-0.15, -0.1) is 0 Å². The molecule has 0 aliphatic heterocycles. The van der Waals surface area contributed by atoms with Crippen molar-refractivity contribution in [2.24, 2.45) is 7.05 Å². The molecule has 88 valence electrons. The molecule has 0 aromatic carbocycles. The Labute approximate surface area is 117 Å². The Morgan fingerprint density at radius 3 is 2.82 bits per heavy atom. The van der Waals surface area contributed by atoms with Crippen LogP contribution in [0.15, 0.2) is 30.6 Å². The summed E-state index contributed by atoms with van der Waals surface area (Å²) in [5.41, 5.74) is 0.496. The molecule has 4 nitrogen and oxygen atoms in total. The van der Waals surface area contributed by atoms with Gasteiger partial charge in [-0.3, -0.25) is 4.79 Å². The number of rotatable bonds is 2. The molecular formula is C11H9ClIN3O. The molecule has 2 aromatic heterocycles. The molecule has 2 aromatic rings. The van der Waals surface area contributed by atoms with Gasteiger partial charge in [0.25, 0.3) is 5.91 Å². The topological polar surface area (TPSA) is 46.9 Å². The van der Waals surface area contributed by atoms with Crippen molar-refractivity contribution in [1.29, 1.82) is 0 Å². The molecule has 17 heavy (non-hydrogen) atoms. The second-order valence-corrected chi connectivity index (χ2v) is 5.15. The zero-order valence-electron chi connectivity index (χ0n) is 8.95. The monoisotopic (exact) mass is 361 g/mol. The third kappa shape index (κ3) is 2.98. The number of hydrogen-bond acceptors (Lipinski definition) is 2. The summed E-state index contributed by atoms with van der Waals surface area (Å²) >= 11 is 7.97. The van der Waals surface area contributed by atoms with Crippen molar-refractivity contribution in [2.45, 2.75) is 0 Å². The van der Waals surface area contributed by atoms with E-state index >= 15 is 0 Å². The van der Waals surface area contributed by atoms with Crippen molar-refractivity contribution in [1.82, 2.24) is 9.55 Å². The fourth-order valence-corrected chi connectivity index (χ4v) is 1.95. The molecule has 1 N–H and O–H groups in total. The number of hydrogen-bond donors (Lipinski definition) is 1. The average molecular weight is 362 g/mol. The van der Waals surface area contributed by atoms with Gasteiger partial charge in [0.05, 0.1) is 5.02 Å². The number of amides is 1. The number of nitrogens with zero attached hydrogens (tertiary/aromatic N) is 2. The Bertz CT molecular complexity index is 550. The summed E-state index contributed by atoms with van der Waals surface area (Å²) in [6.07, 6.45) is 3.37. The fraction of sp³-hybridized carbons (Fsp3) is 0.0909. The molecule has 0 unspecified atom stereocenters. The molecule has 0 aliphatic rings. The molecule has 1 amide bonds. The predicted molar refractivity (Wildman–Crippen MR) is 75.3 cm³/mol. The highest BCUT2D eigenvalue weighted by Gasteiger charge is 2.11. The van der Waals surface area contributed by atoms with Crippen LogP contribution in [0.1, 0.15) is 10.5 Å². The van der Waals surface area contributed by atoms with E-state index in [2.05, 4.69) is 32.9 Å². The number of aryl methyl sites for hydroxylation is 1. The van der Waals surface area contributed by atoms with Gasteiger partial charge in [0.2, 0.25) is 0 Å². The third-order valence-electron chi connectivity index (χ3n) is 2.17. The molecule has 0 bridgehead atoms. The summed E-state index contributed by atoms with van der Waals surface area (Å²) in [6, 6.07) is 5.24. The molecule has 6 heteroatoms. The van der Waals surface area contributed by atoms with Crippen molar-refractivity contribution in [3.63, 3.8) is 0 Å². The van der Waals surface area contributed by atoms with Gasteiger partial charge in [-0.1, -0.05) is 11.6 Å². The quantitative estimate of drug-likeness (QED) is 0.836. The van der Waals surface area contributed by atoms with Crippen LogP contribution in [0.3, 0.4) is 0 Å². The van der Waals surface area contributed by atoms with Gasteiger partial charge >= 0.3 is 0 Å². The normalized spacial score (nSPS) is 10.3. The van der Waals surface area contributed by atoms with E-state index in [1.807, 2.05) is 6.07 Å². The molecule has 0 fully saturated rings. The smallest absolute Gasteiger partial charge is 0.273 e. The summed E-state index contributed by atoms with van der Waals surface area (Å²) in [5, 5.41) is 3.24. The van der Waals surface area contributed by atoms with E-state index in [1.165, 1.54) is 0 Å². The summed E-state index contributed by atoms with van der Waals surface area (Å²) in [6.45, 7) is 0. The van der Waals surface area contributed by atoms with Crippen molar-refractivity contribution >= 4 is 45.9 Å². The highest BCUT2D eigenvalue weighted by atomic mass is 127. The van der Waals surface area contributed by atoms with Crippen LogP contribution >= 0.6 is 34.2 Å². The van der Waals surface area contributed by atoms with Crippen LogP contribution in [0.5, 0.6) is 0 Å². The number of carbonyl (C=O) groups is 1. The van der Waals surface area contributed by atoms with Gasteiger partial charge in [-0.2, -0.15) is 0 Å². The van der Waals surface area contributed by atoms with Crippen LogP contribution in [0.4, 0.5) is 5.82 Å². The summed E-state index contributed by atoms with van der Waals surface area (Å²) in [7, 11) is 1.77. The maximum atomic E-state index is 11.9. The van der Waals surface area contributed by atoms with E-state index in [0.717, 1.165) is 3.57 Å². The Morgan fingerprint density at radius 2 is 2.29 bits per heavy atom. The third-order valence-corrected chi connectivity index (χ3v) is 3.02. The summed E-state index contributed by atoms with van der Waals surface area (Å²) in [4.78, 5) is 16.0. The molecule has 0 saturated heterocycles. The predicted octanol–water partition coefficient (Wildman–Crippen LogP) is 2.93. The highest BCUT2D eigenvalue weighted by Crippen LogP contribution is 2.14. The molecule has 2 rings (SSSR count). The van der Waals surface area contributed by atoms with E-state index in [4.69, 9.17) is 11.6 Å². The number of halogens is 2. The number of pyridine rings is 1. The van der Waals surface area contributed by atoms with E-state index in [9.17, 15) is 4.79 Å². The van der Waals surface area contributed by atoms with Crippen LogP contribution in [-0.4, -0.2) is 15.5 Å². The molecule has 0 atom stereocenters. The van der Waals surface area contributed by atoms with Gasteiger partial charge < -0.3 is 9.88 Å². The fourth-order valence-electron chi connectivity index (χ4n) is 1.38. The van der Waals surface area contributed by atoms with Crippen molar-refractivity contribution in [3.05, 3.63) is 44.9 Å². The first-order chi connectivity index (χ1) is 8.06. The van der Waals surface area contributed by atoms with Crippen LogP contribution < -0.4 is 5.32 Å². The Balaban J connectivity index is 2.17. The van der Waals surface area contributed by atoms with Gasteiger partial charge in [0, 0.05) is 23.0 Å². The average Bonchev–Trinajstić information content (AvgIpc) is 2.61. The van der Waals surface area contributed by atoms with E-state index < -0.39 is 0 Å². The molecular weight excluding hydrogens is 352 g/mol. The van der Waals surface area contributed by atoms with Crippen LogP contribution in [0, 0.1) is 3.57 Å².